The molecule has 0 spiro atoms. The third kappa shape index (κ3) is 5.19. The molecule has 1 aliphatic heterocycles. The number of β-amino-alcohol motifs (C(OH)–C–C–N with tert-alkyl or cyclic N) is 1. The molecule has 5 nitrogen and oxygen atoms in total. The first-order valence-corrected chi connectivity index (χ1v) is 9.22. The highest BCUT2D eigenvalue weighted by Crippen LogP contribution is 2.26. The number of rotatable bonds is 7. The van der Waals surface area contributed by atoms with Crippen molar-refractivity contribution in [2.75, 3.05) is 26.3 Å². The smallest absolute Gasteiger partial charge is 0.323 e. The van der Waals surface area contributed by atoms with E-state index in [0.29, 0.717) is 13.2 Å². The van der Waals surface area contributed by atoms with E-state index in [1.165, 1.54) is 5.56 Å². The molecule has 25 heavy (non-hydrogen) atoms. The molecular formula is C20H31NO4. The van der Waals surface area contributed by atoms with Crippen LogP contribution >= 0.6 is 0 Å². The second-order valence-electron chi connectivity index (χ2n) is 6.88. The molecule has 1 N–H and O–H groups in total. The molecule has 0 saturated carbocycles. The van der Waals surface area contributed by atoms with Gasteiger partial charge in [0.1, 0.15) is 24.5 Å². The third-order valence-electron chi connectivity index (χ3n) is 4.91. The number of carbonyl (C=O) groups excluding carboxylic acids is 1. The predicted octanol–water partition coefficient (Wildman–Crippen LogP) is 2.77. The number of hydrogen-bond acceptors (Lipinski definition) is 5. The fraction of sp³-hybridized carbons (Fsp3) is 0.650. The molecule has 0 amide bonds. The molecule has 5 heteroatoms. The second-order valence-corrected chi connectivity index (χ2v) is 6.88. The number of aryl methyl sites for hydroxylation is 2. The average molecular weight is 349 g/mol. The molecule has 1 aliphatic rings. The number of esters is 1. The second kappa shape index (κ2) is 9.20. The van der Waals surface area contributed by atoms with Crippen LogP contribution in [0.2, 0.25) is 0 Å². The minimum atomic E-state index is -0.644. The number of aliphatic hydroxyl groups excluding tert-OH is 1. The zero-order chi connectivity index (χ0) is 18.4. The summed E-state index contributed by atoms with van der Waals surface area (Å²) in [5.74, 6) is 0.667. The number of hydrogen-bond donors (Lipinski definition) is 1. The minimum absolute atomic E-state index is 0.180. The lowest BCUT2D eigenvalue weighted by Gasteiger charge is -2.35. The van der Waals surface area contributed by atoms with E-state index in [0.717, 1.165) is 42.7 Å². The number of carbonyl (C=O) groups is 1. The number of ether oxygens (including phenoxy) is 2. The molecule has 140 valence electrons. The molecule has 0 aliphatic carbocycles. The van der Waals surface area contributed by atoms with Crippen LogP contribution in [-0.2, 0) is 9.53 Å². The molecule has 2 atom stereocenters. The highest BCUT2D eigenvalue weighted by Gasteiger charge is 2.31. The van der Waals surface area contributed by atoms with Crippen molar-refractivity contribution in [2.24, 2.45) is 0 Å². The van der Waals surface area contributed by atoms with Gasteiger partial charge < -0.3 is 14.6 Å². The van der Waals surface area contributed by atoms with Crippen molar-refractivity contribution in [3.63, 3.8) is 0 Å². The standard InChI is InChI=1S/C20H31NO4/c1-5-24-20(23)18-8-6-7-11-21(18)12-17(22)13-25-19-15(3)10-9-14(2)16(19)4/h9-10,17-18,22H,5-8,11-13H2,1-4H3. The molecule has 0 radical (unpaired) electrons. The van der Waals surface area contributed by atoms with E-state index in [1.54, 1.807) is 0 Å². The zero-order valence-electron chi connectivity index (χ0n) is 15.9. The van der Waals surface area contributed by atoms with Crippen LogP contribution in [0.15, 0.2) is 12.1 Å². The normalized spacial score (nSPS) is 19.5. The highest BCUT2D eigenvalue weighted by molar-refractivity contribution is 5.75. The van der Waals surface area contributed by atoms with Crippen LogP contribution in [0, 0.1) is 20.8 Å². The molecule has 2 unspecified atom stereocenters. The van der Waals surface area contributed by atoms with E-state index < -0.39 is 6.10 Å². The summed E-state index contributed by atoms with van der Waals surface area (Å²) in [6.07, 6.45) is 2.21. The summed E-state index contributed by atoms with van der Waals surface area (Å²) in [6.45, 7) is 9.76. The molecule has 1 heterocycles. The Labute approximate surface area is 150 Å². The van der Waals surface area contributed by atoms with E-state index in [-0.39, 0.29) is 18.6 Å². The van der Waals surface area contributed by atoms with E-state index in [9.17, 15) is 9.90 Å². The Kier molecular flexibility index (Phi) is 7.26. The van der Waals surface area contributed by atoms with E-state index >= 15 is 0 Å². The molecule has 1 saturated heterocycles. The summed E-state index contributed by atoms with van der Waals surface area (Å²) in [5, 5.41) is 10.4. The van der Waals surface area contributed by atoms with Crippen molar-refractivity contribution in [3.8, 4) is 5.75 Å². The van der Waals surface area contributed by atoms with Gasteiger partial charge in [-0.2, -0.15) is 0 Å². The van der Waals surface area contributed by atoms with Gasteiger partial charge in [0, 0.05) is 6.54 Å². The van der Waals surface area contributed by atoms with Gasteiger partial charge in [-0.1, -0.05) is 18.6 Å². The SMILES string of the molecule is CCOC(=O)C1CCCCN1CC(O)COc1c(C)ccc(C)c1C. The molecular weight excluding hydrogens is 318 g/mol. The highest BCUT2D eigenvalue weighted by atomic mass is 16.5. The van der Waals surface area contributed by atoms with Crippen LogP contribution in [0.1, 0.15) is 42.9 Å². The summed E-state index contributed by atoms with van der Waals surface area (Å²) in [4.78, 5) is 14.2. The summed E-state index contributed by atoms with van der Waals surface area (Å²) in [6, 6.07) is 3.86. The van der Waals surface area contributed by atoms with Crippen LogP contribution in [0.3, 0.4) is 0 Å². The van der Waals surface area contributed by atoms with Crippen molar-refractivity contribution < 1.29 is 19.4 Å². The Morgan fingerprint density at radius 3 is 2.72 bits per heavy atom. The number of nitrogens with zero attached hydrogens (tertiary/aromatic N) is 1. The van der Waals surface area contributed by atoms with Gasteiger partial charge in [0.05, 0.1) is 6.61 Å². The van der Waals surface area contributed by atoms with Gasteiger partial charge in [0.15, 0.2) is 0 Å². The maximum absolute atomic E-state index is 12.1. The third-order valence-corrected chi connectivity index (χ3v) is 4.91. The Morgan fingerprint density at radius 2 is 2.00 bits per heavy atom. The quantitative estimate of drug-likeness (QED) is 0.767. The Morgan fingerprint density at radius 1 is 1.28 bits per heavy atom. The molecule has 1 aromatic carbocycles. The Hall–Kier alpha value is -1.59. The fourth-order valence-electron chi connectivity index (χ4n) is 3.37. The first-order chi connectivity index (χ1) is 11.9. The summed E-state index contributed by atoms with van der Waals surface area (Å²) in [5.41, 5.74) is 3.35. The molecule has 2 rings (SSSR count). The van der Waals surface area contributed by atoms with Crippen LogP contribution in [0.4, 0.5) is 0 Å². The lowest BCUT2D eigenvalue weighted by Crippen LogP contribution is -2.49. The fourth-order valence-corrected chi connectivity index (χ4v) is 3.37. The largest absolute Gasteiger partial charge is 0.490 e. The van der Waals surface area contributed by atoms with E-state index in [2.05, 4.69) is 13.0 Å². The minimum Gasteiger partial charge on any atom is -0.490 e. The Bertz CT molecular complexity index is 587. The lowest BCUT2D eigenvalue weighted by molar-refractivity contribution is -0.151. The van der Waals surface area contributed by atoms with Gasteiger partial charge in [-0.15, -0.1) is 0 Å². The molecule has 0 aromatic heterocycles. The van der Waals surface area contributed by atoms with Crippen LogP contribution in [-0.4, -0.2) is 54.4 Å². The maximum atomic E-state index is 12.1. The Balaban J connectivity index is 1.93. The maximum Gasteiger partial charge on any atom is 0.323 e. The van der Waals surface area contributed by atoms with Crippen LogP contribution in [0.5, 0.6) is 5.75 Å². The number of benzene rings is 1. The first kappa shape index (κ1) is 19.7. The van der Waals surface area contributed by atoms with Crippen molar-refractivity contribution >= 4 is 5.97 Å². The van der Waals surface area contributed by atoms with E-state index in [4.69, 9.17) is 9.47 Å². The van der Waals surface area contributed by atoms with Gasteiger partial charge in [0.2, 0.25) is 0 Å². The van der Waals surface area contributed by atoms with Crippen molar-refractivity contribution in [1.82, 2.24) is 4.90 Å². The number of likely N-dealkylation sites (tertiary alicyclic amines) is 1. The number of piperidine rings is 1. The predicted molar refractivity (Wildman–Crippen MR) is 98.0 cm³/mol. The monoisotopic (exact) mass is 349 g/mol. The first-order valence-electron chi connectivity index (χ1n) is 9.22. The van der Waals surface area contributed by atoms with Gasteiger partial charge in [0.25, 0.3) is 0 Å². The van der Waals surface area contributed by atoms with Crippen LogP contribution in [0.25, 0.3) is 0 Å². The van der Waals surface area contributed by atoms with Crippen LogP contribution < -0.4 is 4.74 Å². The van der Waals surface area contributed by atoms with Crippen molar-refractivity contribution in [1.29, 1.82) is 0 Å². The zero-order valence-corrected chi connectivity index (χ0v) is 15.9. The van der Waals surface area contributed by atoms with Gasteiger partial charge in [-0.3, -0.25) is 9.69 Å². The summed E-state index contributed by atoms with van der Waals surface area (Å²) in [7, 11) is 0. The average Bonchev–Trinajstić information content (AvgIpc) is 2.59. The summed E-state index contributed by atoms with van der Waals surface area (Å²) >= 11 is 0. The van der Waals surface area contributed by atoms with Crippen molar-refractivity contribution in [3.05, 3.63) is 28.8 Å². The number of aliphatic hydroxyl groups is 1. The van der Waals surface area contributed by atoms with Gasteiger partial charge in [-0.25, -0.2) is 0 Å². The van der Waals surface area contributed by atoms with E-state index in [1.807, 2.05) is 31.7 Å². The topological polar surface area (TPSA) is 59.0 Å². The van der Waals surface area contributed by atoms with Gasteiger partial charge >= 0.3 is 5.97 Å². The lowest BCUT2D eigenvalue weighted by atomic mass is 10.0. The molecule has 0 bridgehead atoms. The van der Waals surface area contributed by atoms with Gasteiger partial charge in [-0.05, 0) is 63.8 Å². The van der Waals surface area contributed by atoms with Crippen molar-refractivity contribution in [2.45, 2.75) is 59.1 Å². The summed E-state index contributed by atoms with van der Waals surface area (Å²) < 4.78 is 11.1. The molecule has 1 aromatic rings. The molecule has 1 fully saturated rings.